The Kier molecular flexibility index (Phi) is 3.94. The van der Waals surface area contributed by atoms with E-state index >= 15 is 0 Å². The van der Waals surface area contributed by atoms with Crippen molar-refractivity contribution >= 4 is 11.0 Å². The summed E-state index contributed by atoms with van der Waals surface area (Å²) in [6, 6.07) is 23.6. The molecule has 1 aromatic heterocycles. The van der Waals surface area contributed by atoms with E-state index in [2.05, 4.69) is 11.8 Å². The molecule has 0 amide bonds. The maximum Gasteiger partial charge on any atom is 0.106 e. The smallest absolute Gasteiger partial charge is 0.106 e. The summed E-state index contributed by atoms with van der Waals surface area (Å²) in [4.78, 5) is 9.80. The van der Waals surface area contributed by atoms with E-state index in [9.17, 15) is 0 Å². The number of aromatic nitrogens is 2. The zero-order valence-corrected chi connectivity index (χ0v) is 14.0. The van der Waals surface area contributed by atoms with E-state index in [4.69, 9.17) is 22.8 Å². The van der Waals surface area contributed by atoms with Gasteiger partial charge >= 0.3 is 0 Å². The number of terminal acetylenes is 2. The van der Waals surface area contributed by atoms with Crippen molar-refractivity contribution in [3.63, 3.8) is 0 Å². The van der Waals surface area contributed by atoms with Crippen LogP contribution < -0.4 is 0 Å². The van der Waals surface area contributed by atoms with Crippen LogP contribution in [0.15, 0.2) is 72.8 Å². The van der Waals surface area contributed by atoms with E-state index in [1.54, 1.807) is 0 Å². The molecule has 26 heavy (non-hydrogen) atoms. The first-order valence-corrected chi connectivity index (χ1v) is 8.20. The molecular weight excluding hydrogens is 316 g/mol. The normalized spacial score (nSPS) is 10.2. The Balaban J connectivity index is 2.14. The van der Waals surface area contributed by atoms with Gasteiger partial charge in [-0.2, -0.15) is 0 Å². The van der Waals surface area contributed by atoms with Gasteiger partial charge in [0.25, 0.3) is 0 Å². The van der Waals surface area contributed by atoms with Crippen LogP contribution in [-0.4, -0.2) is 9.97 Å². The lowest BCUT2D eigenvalue weighted by molar-refractivity contribution is 1.28. The summed E-state index contributed by atoms with van der Waals surface area (Å²) in [6.07, 6.45) is 11.4. The summed E-state index contributed by atoms with van der Waals surface area (Å²) in [5.74, 6) is 5.38. The molecule has 2 nitrogen and oxygen atoms in total. The molecule has 0 spiro atoms. The largest absolute Gasteiger partial charge is 0.242 e. The molecule has 0 unspecified atom stereocenters. The molecular formula is C24H14N2. The second-order valence-electron chi connectivity index (χ2n) is 5.80. The lowest BCUT2D eigenvalue weighted by Gasteiger charge is -2.12. The molecule has 0 saturated heterocycles. The van der Waals surface area contributed by atoms with Crippen molar-refractivity contribution in [1.29, 1.82) is 0 Å². The first-order valence-electron chi connectivity index (χ1n) is 8.20. The standard InChI is InChI=1S/C24H14N2/c1-3-17-15-16-18(4-2)22-21(17)25-23(19-11-7-5-8-12-19)24(26-22)20-13-9-6-10-14-20/h1-2,5-16H. The van der Waals surface area contributed by atoms with E-state index in [1.165, 1.54) is 0 Å². The molecule has 2 heteroatoms. The van der Waals surface area contributed by atoms with Gasteiger partial charge in [0.2, 0.25) is 0 Å². The van der Waals surface area contributed by atoms with Crippen molar-refractivity contribution in [2.75, 3.05) is 0 Å². The van der Waals surface area contributed by atoms with Crippen molar-refractivity contribution in [3.05, 3.63) is 83.9 Å². The molecule has 3 aromatic carbocycles. The molecule has 1 heterocycles. The number of fused-ring (bicyclic) bond motifs is 1. The Morgan fingerprint density at radius 2 is 0.923 bits per heavy atom. The van der Waals surface area contributed by atoms with E-state index in [0.717, 1.165) is 22.5 Å². The molecule has 4 aromatic rings. The number of rotatable bonds is 2. The van der Waals surface area contributed by atoms with Crippen LogP contribution in [0.3, 0.4) is 0 Å². The highest BCUT2D eigenvalue weighted by atomic mass is 14.8. The summed E-state index contributed by atoms with van der Waals surface area (Å²) >= 11 is 0. The Morgan fingerprint density at radius 3 is 1.27 bits per heavy atom. The van der Waals surface area contributed by atoms with E-state index in [-0.39, 0.29) is 0 Å². The van der Waals surface area contributed by atoms with Crippen LogP contribution in [0, 0.1) is 24.7 Å². The SMILES string of the molecule is C#Cc1ccc(C#C)c2nc(-c3ccccc3)c(-c3ccccc3)nc12. The van der Waals surface area contributed by atoms with E-state index < -0.39 is 0 Å². The maximum atomic E-state index is 5.68. The second-order valence-corrected chi connectivity index (χ2v) is 5.80. The maximum absolute atomic E-state index is 5.68. The van der Waals surface area contributed by atoms with Gasteiger partial charge in [0, 0.05) is 11.1 Å². The van der Waals surface area contributed by atoms with Gasteiger partial charge in [0.15, 0.2) is 0 Å². The van der Waals surface area contributed by atoms with Gasteiger partial charge in [0.1, 0.15) is 11.0 Å². The summed E-state index contributed by atoms with van der Waals surface area (Å²) < 4.78 is 0. The van der Waals surface area contributed by atoms with Crippen molar-refractivity contribution in [3.8, 4) is 47.2 Å². The van der Waals surface area contributed by atoms with Crippen molar-refractivity contribution < 1.29 is 0 Å². The fraction of sp³-hybridized carbons (Fsp3) is 0. The first-order chi connectivity index (χ1) is 12.8. The lowest BCUT2D eigenvalue weighted by atomic mass is 10.0. The molecule has 120 valence electrons. The molecule has 0 aliphatic rings. The zero-order chi connectivity index (χ0) is 17.9. The van der Waals surface area contributed by atoms with Gasteiger partial charge < -0.3 is 0 Å². The Bertz CT molecular complexity index is 1080. The van der Waals surface area contributed by atoms with Gasteiger partial charge in [-0.05, 0) is 12.1 Å². The number of hydrogen-bond donors (Lipinski definition) is 0. The van der Waals surface area contributed by atoms with Gasteiger partial charge in [-0.1, -0.05) is 72.5 Å². The van der Waals surface area contributed by atoms with Gasteiger partial charge in [-0.25, -0.2) is 9.97 Å². The topological polar surface area (TPSA) is 25.8 Å². The van der Waals surface area contributed by atoms with Crippen molar-refractivity contribution in [2.24, 2.45) is 0 Å². The van der Waals surface area contributed by atoms with Gasteiger partial charge in [-0.15, -0.1) is 12.8 Å². The van der Waals surface area contributed by atoms with Crippen LogP contribution in [0.1, 0.15) is 11.1 Å². The number of hydrogen-bond acceptors (Lipinski definition) is 2. The minimum Gasteiger partial charge on any atom is -0.242 e. The molecule has 0 saturated carbocycles. The van der Waals surface area contributed by atoms with E-state index in [0.29, 0.717) is 22.2 Å². The molecule has 4 rings (SSSR count). The third-order valence-corrected chi connectivity index (χ3v) is 4.23. The molecule has 0 aliphatic heterocycles. The highest BCUT2D eigenvalue weighted by Gasteiger charge is 2.16. The fourth-order valence-electron chi connectivity index (χ4n) is 2.96. The highest BCUT2D eigenvalue weighted by Crippen LogP contribution is 2.32. The average Bonchev–Trinajstić information content (AvgIpc) is 2.73. The molecule has 0 radical (unpaired) electrons. The molecule has 0 atom stereocenters. The van der Waals surface area contributed by atoms with Crippen LogP contribution in [0.25, 0.3) is 33.5 Å². The van der Waals surface area contributed by atoms with Crippen LogP contribution in [0.4, 0.5) is 0 Å². The monoisotopic (exact) mass is 330 g/mol. The fourth-order valence-corrected chi connectivity index (χ4v) is 2.96. The van der Waals surface area contributed by atoms with Gasteiger partial charge in [0.05, 0.1) is 22.5 Å². The van der Waals surface area contributed by atoms with Crippen molar-refractivity contribution in [2.45, 2.75) is 0 Å². The number of benzene rings is 3. The Morgan fingerprint density at radius 1 is 0.538 bits per heavy atom. The van der Waals surface area contributed by atoms with Crippen molar-refractivity contribution in [1.82, 2.24) is 9.97 Å². The first kappa shape index (κ1) is 15.6. The summed E-state index contributed by atoms with van der Waals surface area (Å²) in [7, 11) is 0. The quantitative estimate of drug-likeness (QED) is 0.487. The minimum atomic E-state index is 0.654. The molecule has 0 aliphatic carbocycles. The predicted octanol–water partition coefficient (Wildman–Crippen LogP) is 4.93. The molecule has 0 bridgehead atoms. The Labute approximate surface area is 152 Å². The summed E-state index contributed by atoms with van der Waals surface area (Å²) in [5, 5.41) is 0. The van der Waals surface area contributed by atoms with Crippen LogP contribution in [0.5, 0.6) is 0 Å². The number of nitrogens with zero attached hydrogens (tertiary/aromatic N) is 2. The van der Waals surface area contributed by atoms with Crippen LogP contribution >= 0.6 is 0 Å². The summed E-state index contributed by atoms with van der Waals surface area (Å²) in [5.41, 5.74) is 6.21. The average molecular weight is 330 g/mol. The molecule has 0 N–H and O–H groups in total. The van der Waals surface area contributed by atoms with Crippen LogP contribution in [-0.2, 0) is 0 Å². The van der Waals surface area contributed by atoms with Crippen LogP contribution in [0.2, 0.25) is 0 Å². The minimum absolute atomic E-state index is 0.654. The summed E-state index contributed by atoms with van der Waals surface area (Å²) in [6.45, 7) is 0. The third kappa shape index (κ3) is 2.61. The Hall–Kier alpha value is -3.88. The van der Waals surface area contributed by atoms with Gasteiger partial charge in [-0.3, -0.25) is 0 Å². The second kappa shape index (κ2) is 6.55. The molecule has 0 fully saturated rings. The van der Waals surface area contributed by atoms with E-state index in [1.807, 2.05) is 72.8 Å². The highest BCUT2D eigenvalue weighted by molar-refractivity contribution is 5.92. The predicted molar refractivity (Wildman–Crippen MR) is 106 cm³/mol. The zero-order valence-electron chi connectivity index (χ0n) is 14.0. The lowest BCUT2D eigenvalue weighted by Crippen LogP contribution is -1.99. The third-order valence-electron chi connectivity index (χ3n) is 4.23.